The topological polar surface area (TPSA) is 46.9 Å². The van der Waals surface area contributed by atoms with Crippen molar-refractivity contribution in [3.05, 3.63) is 83.4 Å². The highest BCUT2D eigenvalue weighted by Gasteiger charge is 2.10. The van der Waals surface area contributed by atoms with Gasteiger partial charge in [0.1, 0.15) is 5.82 Å². The monoisotopic (exact) mass is 333 g/mol. The van der Waals surface area contributed by atoms with E-state index < -0.39 is 0 Å². The van der Waals surface area contributed by atoms with Crippen LogP contribution in [0, 0.1) is 6.92 Å². The molecule has 0 fully saturated rings. The van der Waals surface area contributed by atoms with E-state index in [1.54, 1.807) is 0 Å². The van der Waals surface area contributed by atoms with Gasteiger partial charge in [0, 0.05) is 36.1 Å². The first-order valence-electron chi connectivity index (χ1n) is 8.51. The number of nitrogens with zero attached hydrogens (tertiary/aromatic N) is 2. The van der Waals surface area contributed by atoms with Gasteiger partial charge in [-0.2, -0.15) is 0 Å². The maximum absolute atomic E-state index is 12.5. The van der Waals surface area contributed by atoms with Crippen LogP contribution >= 0.6 is 0 Å². The maximum atomic E-state index is 12.5. The Morgan fingerprint density at radius 3 is 2.72 bits per heavy atom. The molecule has 0 saturated carbocycles. The van der Waals surface area contributed by atoms with E-state index in [4.69, 9.17) is 0 Å². The molecule has 0 saturated heterocycles. The third kappa shape index (κ3) is 3.97. The van der Waals surface area contributed by atoms with E-state index in [2.05, 4.69) is 34.8 Å². The van der Waals surface area contributed by atoms with Gasteiger partial charge in [0.2, 0.25) is 0 Å². The van der Waals surface area contributed by atoms with Gasteiger partial charge in [-0.15, -0.1) is 0 Å². The second-order valence-electron chi connectivity index (χ2n) is 6.54. The standard InChI is InChI=1S/C21H23N3O/c1-15(2)20-22-11-12-24(20)14-17-8-6-9-18(13-17)23-21(25)19-10-5-4-7-16(19)3/h4-13,15H,14H2,1-3H3,(H,23,25). The fourth-order valence-electron chi connectivity index (χ4n) is 2.93. The molecule has 2 aromatic carbocycles. The summed E-state index contributed by atoms with van der Waals surface area (Å²) in [5.74, 6) is 1.36. The lowest BCUT2D eigenvalue weighted by Gasteiger charge is -2.12. The number of amides is 1. The number of carbonyl (C=O) groups is 1. The molecule has 0 aliphatic carbocycles. The molecule has 0 radical (unpaired) electrons. The van der Waals surface area contributed by atoms with Gasteiger partial charge in [0.15, 0.2) is 0 Å². The summed E-state index contributed by atoms with van der Waals surface area (Å²) < 4.78 is 2.15. The minimum Gasteiger partial charge on any atom is -0.330 e. The lowest BCUT2D eigenvalue weighted by molar-refractivity contribution is 0.102. The van der Waals surface area contributed by atoms with E-state index in [-0.39, 0.29) is 5.91 Å². The highest BCUT2D eigenvalue weighted by Crippen LogP contribution is 2.17. The van der Waals surface area contributed by atoms with Gasteiger partial charge >= 0.3 is 0 Å². The van der Waals surface area contributed by atoms with E-state index in [1.165, 1.54) is 0 Å². The quantitative estimate of drug-likeness (QED) is 0.741. The molecule has 128 valence electrons. The first-order chi connectivity index (χ1) is 12.0. The summed E-state index contributed by atoms with van der Waals surface area (Å²) in [6.07, 6.45) is 3.83. The Hall–Kier alpha value is -2.88. The van der Waals surface area contributed by atoms with E-state index >= 15 is 0 Å². The summed E-state index contributed by atoms with van der Waals surface area (Å²) >= 11 is 0. The van der Waals surface area contributed by atoms with Crippen LogP contribution in [0.2, 0.25) is 0 Å². The third-order valence-electron chi connectivity index (χ3n) is 4.19. The average molecular weight is 333 g/mol. The number of hydrogen-bond acceptors (Lipinski definition) is 2. The normalized spacial score (nSPS) is 10.9. The zero-order chi connectivity index (χ0) is 17.8. The van der Waals surface area contributed by atoms with Gasteiger partial charge in [-0.25, -0.2) is 4.98 Å². The van der Waals surface area contributed by atoms with Crippen molar-refractivity contribution < 1.29 is 4.79 Å². The lowest BCUT2D eigenvalue weighted by Crippen LogP contribution is -2.13. The van der Waals surface area contributed by atoms with Crippen molar-refractivity contribution in [1.82, 2.24) is 9.55 Å². The number of aryl methyl sites for hydroxylation is 1. The Morgan fingerprint density at radius 2 is 1.96 bits per heavy atom. The number of anilines is 1. The van der Waals surface area contributed by atoms with Gasteiger partial charge < -0.3 is 9.88 Å². The molecule has 0 atom stereocenters. The summed E-state index contributed by atoms with van der Waals surface area (Å²) in [6.45, 7) is 6.95. The predicted octanol–water partition coefficient (Wildman–Crippen LogP) is 4.62. The first kappa shape index (κ1) is 17.0. The van der Waals surface area contributed by atoms with E-state index in [9.17, 15) is 4.79 Å². The zero-order valence-electron chi connectivity index (χ0n) is 14.9. The number of rotatable bonds is 5. The molecule has 0 bridgehead atoms. The van der Waals surface area contributed by atoms with Crippen LogP contribution in [-0.4, -0.2) is 15.5 Å². The van der Waals surface area contributed by atoms with E-state index in [0.717, 1.165) is 29.2 Å². The Labute approximate surface area is 148 Å². The smallest absolute Gasteiger partial charge is 0.255 e. The van der Waals surface area contributed by atoms with Gasteiger partial charge in [-0.05, 0) is 36.2 Å². The molecule has 0 aliphatic heterocycles. The van der Waals surface area contributed by atoms with Gasteiger partial charge in [-0.1, -0.05) is 44.2 Å². The molecular formula is C21H23N3O. The van der Waals surface area contributed by atoms with Gasteiger partial charge in [0.05, 0.1) is 0 Å². The van der Waals surface area contributed by atoms with Crippen molar-refractivity contribution in [3.63, 3.8) is 0 Å². The number of aromatic nitrogens is 2. The average Bonchev–Trinajstić information content (AvgIpc) is 3.04. The molecule has 0 unspecified atom stereocenters. The van der Waals surface area contributed by atoms with Crippen LogP contribution in [0.5, 0.6) is 0 Å². The molecule has 25 heavy (non-hydrogen) atoms. The Balaban J connectivity index is 1.77. The Bertz CT molecular complexity index is 880. The van der Waals surface area contributed by atoms with Crippen LogP contribution in [0.15, 0.2) is 60.9 Å². The number of imidazole rings is 1. The van der Waals surface area contributed by atoms with Crippen LogP contribution in [0.1, 0.15) is 47.1 Å². The third-order valence-corrected chi connectivity index (χ3v) is 4.19. The van der Waals surface area contributed by atoms with Crippen LogP contribution in [0.25, 0.3) is 0 Å². The highest BCUT2D eigenvalue weighted by atomic mass is 16.1. The SMILES string of the molecule is Cc1ccccc1C(=O)Nc1cccc(Cn2ccnc2C(C)C)c1. The maximum Gasteiger partial charge on any atom is 0.255 e. The van der Waals surface area contributed by atoms with Crippen molar-refractivity contribution in [2.24, 2.45) is 0 Å². The van der Waals surface area contributed by atoms with Crippen molar-refractivity contribution in [2.45, 2.75) is 33.2 Å². The number of carbonyl (C=O) groups excluding carboxylic acids is 1. The van der Waals surface area contributed by atoms with Crippen LogP contribution < -0.4 is 5.32 Å². The summed E-state index contributed by atoms with van der Waals surface area (Å²) in [5.41, 5.74) is 3.60. The minimum absolute atomic E-state index is 0.0826. The predicted molar refractivity (Wildman–Crippen MR) is 101 cm³/mol. The summed E-state index contributed by atoms with van der Waals surface area (Å²) in [5, 5.41) is 2.99. The largest absolute Gasteiger partial charge is 0.330 e. The van der Waals surface area contributed by atoms with Crippen molar-refractivity contribution in [1.29, 1.82) is 0 Å². The van der Waals surface area contributed by atoms with Crippen molar-refractivity contribution in [2.75, 3.05) is 5.32 Å². The molecule has 1 heterocycles. The van der Waals surface area contributed by atoms with Crippen LogP contribution in [0.4, 0.5) is 5.69 Å². The number of nitrogens with one attached hydrogen (secondary N) is 1. The van der Waals surface area contributed by atoms with Crippen molar-refractivity contribution >= 4 is 11.6 Å². The second-order valence-corrected chi connectivity index (χ2v) is 6.54. The van der Waals surface area contributed by atoms with Gasteiger partial charge in [-0.3, -0.25) is 4.79 Å². The van der Waals surface area contributed by atoms with E-state index in [0.29, 0.717) is 11.5 Å². The molecular weight excluding hydrogens is 310 g/mol. The first-order valence-corrected chi connectivity index (χ1v) is 8.51. The molecule has 3 aromatic rings. The molecule has 1 N–H and O–H groups in total. The highest BCUT2D eigenvalue weighted by molar-refractivity contribution is 6.05. The van der Waals surface area contributed by atoms with Crippen molar-refractivity contribution in [3.8, 4) is 0 Å². The van der Waals surface area contributed by atoms with E-state index in [1.807, 2.05) is 61.8 Å². The van der Waals surface area contributed by atoms with Crippen LogP contribution in [-0.2, 0) is 6.54 Å². The fraction of sp³-hybridized carbons (Fsp3) is 0.238. The number of benzene rings is 2. The molecule has 1 aromatic heterocycles. The second kappa shape index (κ2) is 7.34. The molecule has 3 rings (SSSR count). The Kier molecular flexibility index (Phi) is 4.98. The summed E-state index contributed by atoms with van der Waals surface area (Å²) in [4.78, 5) is 16.9. The molecule has 0 spiro atoms. The fourth-order valence-corrected chi connectivity index (χ4v) is 2.93. The zero-order valence-corrected chi connectivity index (χ0v) is 14.9. The van der Waals surface area contributed by atoms with Crippen LogP contribution in [0.3, 0.4) is 0 Å². The van der Waals surface area contributed by atoms with Gasteiger partial charge in [0.25, 0.3) is 5.91 Å². The minimum atomic E-state index is -0.0826. The summed E-state index contributed by atoms with van der Waals surface area (Å²) in [6, 6.07) is 15.6. The number of hydrogen-bond donors (Lipinski definition) is 1. The molecule has 4 heteroatoms. The molecule has 4 nitrogen and oxygen atoms in total. The summed E-state index contributed by atoms with van der Waals surface area (Å²) in [7, 11) is 0. The lowest BCUT2D eigenvalue weighted by atomic mass is 10.1. The molecule has 0 aliphatic rings. The molecule has 1 amide bonds. The Morgan fingerprint density at radius 1 is 1.16 bits per heavy atom.